The summed E-state index contributed by atoms with van der Waals surface area (Å²) in [6.07, 6.45) is 3.73. The van der Waals surface area contributed by atoms with Gasteiger partial charge in [0.25, 0.3) is 0 Å². The standard InChI is InChI=1S/C25H37NO8/c1-5-8-10-22(28)33-19-13-12-18(16-20(19)34-23(29)11-9-6-2)17-25(26,24(30)31-4)14-15-32-21(27)7-3/h12-13,16H,5-11,14-15,17,26H2,1-4H3/t25-/m1/s1. The van der Waals surface area contributed by atoms with Crippen LogP contribution in [0.1, 0.15) is 77.7 Å². The second-order valence-corrected chi connectivity index (χ2v) is 8.08. The number of carbonyl (C=O) groups excluding carboxylic acids is 4. The summed E-state index contributed by atoms with van der Waals surface area (Å²) in [7, 11) is 1.22. The first-order valence-corrected chi connectivity index (χ1v) is 11.8. The van der Waals surface area contributed by atoms with Crippen LogP contribution in [0.2, 0.25) is 0 Å². The van der Waals surface area contributed by atoms with Crippen LogP contribution in [0.3, 0.4) is 0 Å². The van der Waals surface area contributed by atoms with Crippen molar-refractivity contribution in [2.24, 2.45) is 5.73 Å². The van der Waals surface area contributed by atoms with Crippen LogP contribution in [-0.2, 0) is 35.1 Å². The molecule has 1 rings (SSSR count). The molecule has 2 N–H and O–H groups in total. The molecule has 0 aliphatic heterocycles. The molecule has 0 saturated heterocycles. The van der Waals surface area contributed by atoms with Gasteiger partial charge in [0.1, 0.15) is 5.54 Å². The van der Waals surface area contributed by atoms with Crippen molar-refractivity contribution in [1.82, 2.24) is 0 Å². The Morgan fingerprint density at radius 3 is 2.00 bits per heavy atom. The summed E-state index contributed by atoms with van der Waals surface area (Å²) >= 11 is 0. The Labute approximate surface area is 201 Å². The Morgan fingerprint density at radius 1 is 0.882 bits per heavy atom. The van der Waals surface area contributed by atoms with Crippen LogP contribution >= 0.6 is 0 Å². The van der Waals surface area contributed by atoms with Gasteiger partial charge in [0.15, 0.2) is 11.5 Å². The van der Waals surface area contributed by atoms with Crippen molar-refractivity contribution >= 4 is 23.9 Å². The summed E-state index contributed by atoms with van der Waals surface area (Å²) in [5, 5.41) is 0. The predicted molar refractivity (Wildman–Crippen MR) is 125 cm³/mol. The number of carbonyl (C=O) groups is 4. The number of esters is 4. The lowest BCUT2D eigenvalue weighted by Gasteiger charge is -2.26. The maximum atomic E-state index is 12.4. The summed E-state index contributed by atoms with van der Waals surface area (Å²) in [4.78, 5) is 48.3. The lowest BCUT2D eigenvalue weighted by atomic mass is 9.88. The minimum Gasteiger partial charge on any atom is -0.468 e. The Kier molecular flexibility index (Phi) is 12.9. The van der Waals surface area contributed by atoms with Crippen LogP contribution in [0.5, 0.6) is 11.5 Å². The third-order valence-corrected chi connectivity index (χ3v) is 5.14. The molecule has 1 atom stereocenters. The van der Waals surface area contributed by atoms with Crippen molar-refractivity contribution in [3.8, 4) is 11.5 Å². The van der Waals surface area contributed by atoms with E-state index >= 15 is 0 Å². The average molecular weight is 480 g/mol. The van der Waals surface area contributed by atoms with E-state index in [-0.39, 0.29) is 50.2 Å². The van der Waals surface area contributed by atoms with Gasteiger partial charge in [-0.1, -0.05) is 39.7 Å². The van der Waals surface area contributed by atoms with Crippen molar-refractivity contribution in [3.63, 3.8) is 0 Å². The van der Waals surface area contributed by atoms with Gasteiger partial charge in [-0.25, -0.2) is 0 Å². The summed E-state index contributed by atoms with van der Waals surface area (Å²) in [5.74, 6) is -1.76. The third-order valence-electron chi connectivity index (χ3n) is 5.14. The maximum Gasteiger partial charge on any atom is 0.326 e. The summed E-state index contributed by atoms with van der Waals surface area (Å²) in [6, 6.07) is 4.67. The number of rotatable bonds is 15. The van der Waals surface area contributed by atoms with Crippen LogP contribution in [0.25, 0.3) is 0 Å². The molecule has 0 amide bonds. The zero-order valence-corrected chi connectivity index (χ0v) is 20.6. The molecule has 190 valence electrons. The molecule has 9 nitrogen and oxygen atoms in total. The van der Waals surface area contributed by atoms with Gasteiger partial charge in [-0.2, -0.15) is 0 Å². The molecule has 0 fully saturated rings. The maximum absolute atomic E-state index is 12.4. The Balaban J connectivity index is 3.15. The first kappa shape index (κ1) is 29.1. The molecule has 0 heterocycles. The second kappa shape index (κ2) is 15.1. The van der Waals surface area contributed by atoms with E-state index in [0.717, 1.165) is 12.8 Å². The molecule has 1 aromatic rings. The lowest BCUT2D eigenvalue weighted by molar-refractivity contribution is -0.151. The molecule has 0 spiro atoms. The lowest BCUT2D eigenvalue weighted by Crippen LogP contribution is -2.51. The van der Waals surface area contributed by atoms with E-state index in [1.54, 1.807) is 13.0 Å². The minimum absolute atomic E-state index is 0.0208. The largest absolute Gasteiger partial charge is 0.468 e. The molecule has 0 aliphatic rings. The topological polar surface area (TPSA) is 131 Å². The number of nitrogens with two attached hydrogens (primary N) is 1. The number of hydrogen-bond acceptors (Lipinski definition) is 9. The SMILES string of the molecule is CCCCC(=O)Oc1ccc(C[C@](N)(CCOC(=O)CC)C(=O)OC)cc1OC(=O)CCCC. The number of benzene rings is 1. The summed E-state index contributed by atoms with van der Waals surface area (Å²) in [5.41, 5.74) is 5.42. The Morgan fingerprint density at radius 2 is 1.47 bits per heavy atom. The van der Waals surface area contributed by atoms with Crippen LogP contribution < -0.4 is 15.2 Å². The number of unbranched alkanes of at least 4 members (excludes halogenated alkanes) is 2. The van der Waals surface area contributed by atoms with Gasteiger partial charge in [-0.05, 0) is 30.5 Å². The quantitative estimate of drug-likeness (QED) is 0.296. The zero-order chi connectivity index (χ0) is 25.6. The van der Waals surface area contributed by atoms with Crippen LogP contribution in [0, 0.1) is 0 Å². The summed E-state index contributed by atoms with van der Waals surface area (Å²) < 4.78 is 20.8. The van der Waals surface area contributed by atoms with Gasteiger partial charge < -0.3 is 24.7 Å². The highest BCUT2D eigenvalue weighted by atomic mass is 16.6. The third kappa shape index (κ3) is 9.91. The fraction of sp³-hybridized carbons (Fsp3) is 0.600. The zero-order valence-electron chi connectivity index (χ0n) is 20.6. The molecule has 0 aromatic heterocycles. The highest BCUT2D eigenvalue weighted by molar-refractivity contribution is 5.81. The van der Waals surface area contributed by atoms with Gasteiger partial charge in [0.2, 0.25) is 0 Å². The molecule has 0 aliphatic carbocycles. The molecule has 0 unspecified atom stereocenters. The fourth-order valence-electron chi connectivity index (χ4n) is 3.10. The molecule has 1 aromatic carbocycles. The molecule has 9 heteroatoms. The van der Waals surface area contributed by atoms with E-state index in [0.29, 0.717) is 18.4 Å². The molecule has 0 saturated carbocycles. The first-order valence-electron chi connectivity index (χ1n) is 11.8. The highest BCUT2D eigenvalue weighted by Gasteiger charge is 2.36. The number of methoxy groups -OCH3 is 1. The molecule has 0 bridgehead atoms. The average Bonchev–Trinajstić information content (AvgIpc) is 2.82. The van der Waals surface area contributed by atoms with Gasteiger partial charge in [-0.15, -0.1) is 0 Å². The van der Waals surface area contributed by atoms with Crippen LogP contribution in [0.4, 0.5) is 0 Å². The van der Waals surface area contributed by atoms with Crippen molar-refractivity contribution in [3.05, 3.63) is 23.8 Å². The van der Waals surface area contributed by atoms with Crippen LogP contribution in [0.15, 0.2) is 18.2 Å². The van der Waals surface area contributed by atoms with Crippen LogP contribution in [-0.4, -0.2) is 43.1 Å². The number of ether oxygens (including phenoxy) is 4. The minimum atomic E-state index is -1.48. The van der Waals surface area contributed by atoms with E-state index < -0.39 is 29.4 Å². The smallest absolute Gasteiger partial charge is 0.326 e. The van der Waals surface area contributed by atoms with E-state index in [1.807, 2.05) is 13.8 Å². The van der Waals surface area contributed by atoms with Crippen molar-refractivity contribution in [1.29, 1.82) is 0 Å². The van der Waals surface area contributed by atoms with Gasteiger partial charge in [0, 0.05) is 32.1 Å². The predicted octanol–water partition coefficient (Wildman–Crippen LogP) is 3.63. The first-order chi connectivity index (χ1) is 16.2. The molecular formula is C25H37NO8. The van der Waals surface area contributed by atoms with Crippen molar-refractivity contribution < 1.29 is 38.1 Å². The summed E-state index contributed by atoms with van der Waals surface area (Å²) in [6.45, 7) is 5.54. The monoisotopic (exact) mass is 479 g/mol. The molecular weight excluding hydrogens is 442 g/mol. The fourth-order valence-corrected chi connectivity index (χ4v) is 3.10. The van der Waals surface area contributed by atoms with Crippen molar-refractivity contribution in [2.75, 3.05) is 13.7 Å². The molecule has 0 radical (unpaired) electrons. The molecule has 34 heavy (non-hydrogen) atoms. The normalized spacial score (nSPS) is 12.4. The Hall–Kier alpha value is -2.94. The highest BCUT2D eigenvalue weighted by Crippen LogP contribution is 2.31. The Bertz CT molecular complexity index is 838. The van der Waals surface area contributed by atoms with E-state index in [9.17, 15) is 19.2 Å². The van der Waals surface area contributed by atoms with E-state index in [4.69, 9.17) is 24.7 Å². The second-order valence-electron chi connectivity index (χ2n) is 8.08. The van der Waals surface area contributed by atoms with E-state index in [1.165, 1.54) is 19.2 Å². The van der Waals surface area contributed by atoms with Gasteiger partial charge >= 0.3 is 23.9 Å². The van der Waals surface area contributed by atoms with Gasteiger partial charge in [-0.3, -0.25) is 19.2 Å². The van der Waals surface area contributed by atoms with E-state index in [2.05, 4.69) is 0 Å². The van der Waals surface area contributed by atoms with Crippen molar-refractivity contribution in [2.45, 2.75) is 84.1 Å². The van der Waals surface area contributed by atoms with Gasteiger partial charge in [0.05, 0.1) is 13.7 Å². The number of hydrogen-bond donors (Lipinski definition) is 1.